The number of carbonyl (C=O) groups is 1. The molecule has 24 heavy (non-hydrogen) atoms. The maximum absolute atomic E-state index is 12.8. The first-order chi connectivity index (χ1) is 11.2. The molecule has 1 heterocycles. The predicted molar refractivity (Wildman–Crippen MR) is 91.0 cm³/mol. The molecular weight excluding hydrogens is 359 g/mol. The molecule has 124 valence electrons. The van der Waals surface area contributed by atoms with Crippen LogP contribution in [0.4, 0.5) is 18.9 Å². The van der Waals surface area contributed by atoms with Crippen molar-refractivity contribution >= 4 is 44.6 Å². The van der Waals surface area contributed by atoms with Gasteiger partial charge in [0, 0.05) is 15.4 Å². The van der Waals surface area contributed by atoms with E-state index in [-0.39, 0.29) is 5.91 Å². The number of rotatable bonds is 2. The van der Waals surface area contributed by atoms with Gasteiger partial charge in [0.2, 0.25) is 0 Å². The number of nitrogens with one attached hydrogen (secondary N) is 1. The number of alkyl halides is 3. The Morgan fingerprint density at radius 3 is 2.54 bits per heavy atom. The predicted octanol–water partition coefficient (Wildman–Crippen LogP) is 6.13. The Morgan fingerprint density at radius 1 is 1.12 bits per heavy atom. The number of hydrogen-bond acceptors (Lipinski definition) is 2. The Bertz CT molecular complexity index is 933. The van der Waals surface area contributed by atoms with Gasteiger partial charge in [-0.05, 0) is 54.3 Å². The van der Waals surface area contributed by atoms with Crippen LogP contribution >= 0.6 is 22.9 Å². The van der Waals surface area contributed by atoms with E-state index in [0.717, 1.165) is 29.0 Å². The van der Waals surface area contributed by atoms with Gasteiger partial charge >= 0.3 is 6.18 Å². The van der Waals surface area contributed by atoms with Gasteiger partial charge in [0.05, 0.1) is 10.4 Å². The van der Waals surface area contributed by atoms with Crippen molar-refractivity contribution in [2.45, 2.75) is 13.1 Å². The zero-order valence-corrected chi connectivity index (χ0v) is 13.9. The number of fused-ring (bicyclic) bond motifs is 1. The quantitative estimate of drug-likeness (QED) is 0.578. The van der Waals surface area contributed by atoms with Crippen molar-refractivity contribution < 1.29 is 18.0 Å². The highest BCUT2D eigenvalue weighted by molar-refractivity contribution is 7.20. The van der Waals surface area contributed by atoms with E-state index in [1.54, 1.807) is 18.2 Å². The molecule has 0 radical (unpaired) electrons. The SMILES string of the molecule is Cc1ccc(NC(=O)c2cc3cc(C(F)(F)F)ccc3s2)cc1Cl. The third-order valence-electron chi connectivity index (χ3n) is 3.50. The Hall–Kier alpha value is -2.05. The lowest BCUT2D eigenvalue weighted by Crippen LogP contribution is -2.09. The molecule has 0 saturated heterocycles. The molecule has 0 aliphatic carbocycles. The third-order valence-corrected chi connectivity index (χ3v) is 5.02. The first-order valence-corrected chi connectivity index (χ1v) is 8.12. The number of carbonyl (C=O) groups excluding carboxylic acids is 1. The molecule has 2 aromatic carbocycles. The fourth-order valence-corrected chi connectivity index (χ4v) is 3.31. The number of amides is 1. The average Bonchev–Trinajstić information content (AvgIpc) is 2.93. The lowest BCUT2D eigenvalue weighted by Gasteiger charge is -2.05. The van der Waals surface area contributed by atoms with Crippen molar-refractivity contribution in [1.29, 1.82) is 0 Å². The summed E-state index contributed by atoms with van der Waals surface area (Å²) in [6.07, 6.45) is -4.41. The smallest absolute Gasteiger partial charge is 0.321 e. The standard InChI is InChI=1S/C17H11ClF3NOS/c1-9-2-4-12(8-13(9)18)22-16(23)15-7-10-6-11(17(19,20)21)3-5-14(10)24-15/h2-8H,1H3,(H,22,23). The van der Waals surface area contributed by atoms with Gasteiger partial charge in [-0.25, -0.2) is 0 Å². The molecule has 7 heteroatoms. The van der Waals surface area contributed by atoms with E-state index in [1.165, 1.54) is 12.1 Å². The van der Waals surface area contributed by atoms with Crippen LogP contribution < -0.4 is 5.32 Å². The van der Waals surface area contributed by atoms with Crippen LogP contribution in [0.25, 0.3) is 10.1 Å². The Labute approximate surface area is 144 Å². The normalized spacial score (nSPS) is 11.7. The van der Waals surface area contributed by atoms with Gasteiger partial charge in [0.25, 0.3) is 5.91 Å². The molecule has 0 saturated carbocycles. The highest BCUT2D eigenvalue weighted by Crippen LogP contribution is 2.34. The summed E-state index contributed by atoms with van der Waals surface area (Å²) in [6.45, 7) is 1.85. The van der Waals surface area contributed by atoms with E-state index < -0.39 is 11.7 Å². The maximum Gasteiger partial charge on any atom is 0.416 e. The summed E-state index contributed by atoms with van der Waals surface area (Å²) in [5.41, 5.74) is 0.685. The summed E-state index contributed by atoms with van der Waals surface area (Å²) >= 11 is 7.15. The van der Waals surface area contributed by atoms with Crippen molar-refractivity contribution in [3.8, 4) is 0 Å². The van der Waals surface area contributed by atoms with Gasteiger partial charge in [-0.15, -0.1) is 11.3 Å². The van der Waals surface area contributed by atoms with Gasteiger partial charge in [0.1, 0.15) is 0 Å². The van der Waals surface area contributed by atoms with Gasteiger partial charge in [-0.2, -0.15) is 13.2 Å². The summed E-state index contributed by atoms with van der Waals surface area (Å²) in [6, 6.07) is 10.0. The van der Waals surface area contributed by atoms with Crippen molar-refractivity contribution in [3.05, 3.63) is 63.5 Å². The van der Waals surface area contributed by atoms with Gasteiger partial charge < -0.3 is 5.32 Å². The van der Waals surface area contributed by atoms with E-state index in [0.29, 0.717) is 25.7 Å². The first-order valence-electron chi connectivity index (χ1n) is 6.92. The number of hydrogen-bond donors (Lipinski definition) is 1. The van der Waals surface area contributed by atoms with Crippen molar-refractivity contribution in [2.75, 3.05) is 5.32 Å². The summed E-state index contributed by atoms with van der Waals surface area (Å²) in [7, 11) is 0. The van der Waals surface area contributed by atoms with Crippen LogP contribution in [0.15, 0.2) is 42.5 Å². The maximum atomic E-state index is 12.8. The first kappa shape index (κ1) is 16.8. The molecule has 0 spiro atoms. The molecule has 0 unspecified atom stereocenters. The van der Waals surface area contributed by atoms with E-state index in [2.05, 4.69) is 5.32 Å². The molecule has 0 bridgehead atoms. The lowest BCUT2D eigenvalue weighted by atomic mass is 10.1. The van der Waals surface area contributed by atoms with Crippen LogP contribution in [0.2, 0.25) is 5.02 Å². The molecule has 0 aliphatic heterocycles. The monoisotopic (exact) mass is 369 g/mol. The third kappa shape index (κ3) is 3.39. The molecule has 1 amide bonds. The van der Waals surface area contributed by atoms with Crippen LogP contribution in [0.1, 0.15) is 20.8 Å². The van der Waals surface area contributed by atoms with E-state index in [9.17, 15) is 18.0 Å². The van der Waals surface area contributed by atoms with E-state index >= 15 is 0 Å². The summed E-state index contributed by atoms with van der Waals surface area (Å²) in [5, 5.41) is 3.61. The number of benzene rings is 2. The second kappa shape index (κ2) is 6.11. The fourth-order valence-electron chi connectivity index (χ4n) is 2.19. The van der Waals surface area contributed by atoms with E-state index in [1.807, 2.05) is 6.92 Å². The minimum atomic E-state index is -4.41. The van der Waals surface area contributed by atoms with Gasteiger partial charge in [-0.3, -0.25) is 4.79 Å². The topological polar surface area (TPSA) is 29.1 Å². The van der Waals surface area contributed by atoms with Crippen LogP contribution in [-0.2, 0) is 6.18 Å². The fraction of sp³-hybridized carbons (Fsp3) is 0.118. The zero-order chi connectivity index (χ0) is 17.5. The Morgan fingerprint density at radius 2 is 1.88 bits per heavy atom. The molecule has 0 fully saturated rings. The second-order valence-corrected chi connectivity index (χ2v) is 6.77. The van der Waals surface area contributed by atoms with Crippen molar-refractivity contribution in [3.63, 3.8) is 0 Å². The minimum absolute atomic E-state index is 0.334. The summed E-state index contributed by atoms with van der Waals surface area (Å²) < 4.78 is 38.9. The molecule has 2 nitrogen and oxygen atoms in total. The molecule has 1 aromatic heterocycles. The second-order valence-electron chi connectivity index (χ2n) is 5.28. The Kier molecular flexibility index (Phi) is 4.27. The van der Waals surface area contributed by atoms with Crippen molar-refractivity contribution in [1.82, 2.24) is 0 Å². The van der Waals surface area contributed by atoms with Crippen LogP contribution in [0.5, 0.6) is 0 Å². The van der Waals surface area contributed by atoms with Crippen molar-refractivity contribution in [2.24, 2.45) is 0 Å². The Balaban J connectivity index is 1.88. The lowest BCUT2D eigenvalue weighted by molar-refractivity contribution is -0.137. The average molecular weight is 370 g/mol. The largest absolute Gasteiger partial charge is 0.416 e. The molecule has 1 N–H and O–H groups in total. The van der Waals surface area contributed by atoms with E-state index in [4.69, 9.17) is 11.6 Å². The minimum Gasteiger partial charge on any atom is -0.321 e. The molecular formula is C17H11ClF3NOS. The number of thiophene rings is 1. The summed E-state index contributed by atoms with van der Waals surface area (Å²) in [5.74, 6) is -0.385. The molecule has 3 rings (SSSR count). The molecule has 0 atom stereocenters. The molecule has 0 aliphatic rings. The number of halogens is 4. The summed E-state index contributed by atoms with van der Waals surface area (Å²) in [4.78, 5) is 12.6. The van der Waals surface area contributed by atoms with Gasteiger partial charge in [-0.1, -0.05) is 17.7 Å². The van der Waals surface area contributed by atoms with Crippen LogP contribution in [0.3, 0.4) is 0 Å². The highest BCUT2D eigenvalue weighted by Gasteiger charge is 2.30. The zero-order valence-electron chi connectivity index (χ0n) is 12.4. The van der Waals surface area contributed by atoms with Gasteiger partial charge in [0.15, 0.2) is 0 Å². The van der Waals surface area contributed by atoms with Crippen LogP contribution in [-0.4, -0.2) is 5.91 Å². The van der Waals surface area contributed by atoms with Crippen LogP contribution in [0, 0.1) is 6.92 Å². The number of anilines is 1. The number of aryl methyl sites for hydroxylation is 1. The highest BCUT2D eigenvalue weighted by atomic mass is 35.5. The molecule has 3 aromatic rings.